The zero-order chi connectivity index (χ0) is 14.0. The van der Waals surface area contributed by atoms with Gasteiger partial charge in [0.1, 0.15) is 0 Å². The predicted molar refractivity (Wildman–Crippen MR) is 84.8 cm³/mol. The topological polar surface area (TPSA) is 8.81 Å². The zero-order valence-corrected chi connectivity index (χ0v) is 15.2. The van der Waals surface area contributed by atoms with Crippen LogP contribution in [-0.2, 0) is 18.9 Å². The van der Waals surface area contributed by atoms with E-state index in [1.54, 1.807) is 0 Å². The van der Waals surface area contributed by atoms with Crippen LogP contribution in [0, 0.1) is 0 Å². The van der Waals surface area contributed by atoms with Crippen molar-refractivity contribution < 1.29 is 17.0 Å². The second-order valence-electron chi connectivity index (χ2n) is 5.27. The fourth-order valence-electron chi connectivity index (χ4n) is 2.25. The van der Waals surface area contributed by atoms with Gasteiger partial charge in [-0.1, -0.05) is 0 Å². The molecule has 0 saturated carbocycles. The van der Waals surface area contributed by atoms with Crippen molar-refractivity contribution in [3.8, 4) is 0 Å². The molecule has 0 aliphatic heterocycles. The smallest absolute Gasteiger partial charge is 1.00 e. The number of halogens is 1. The van der Waals surface area contributed by atoms with Crippen LogP contribution in [0.1, 0.15) is 31.2 Å². The largest absolute Gasteiger partial charge is 1.00 e. The monoisotopic (exact) mass is 372 g/mol. The van der Waals surface area contributed by atoms with Gasteiger partial charge < -0.3 is 12.4 Å². The molecule has 21 heavy (non-hydrogen) atoms. The van der Waals surface area contributed by atoms with Gasteiger partial charge in [-0.05, 0) is 0 Å². The summed E-state index contributed by atoms with van der Waals surface area (Å²) in [5.74, 6) is 0. The second kappa shape index (κ2) is 10.9. The molecule has 0 fully saturated rings. The summed E-state index contributed by atoms with van der Waals surface area (Å²) < 4.78 is 4.38. The molecule has 0 bridgehead atoms. The fraction of sp³-hybridized carbons (Fsp3) is 0.471. The molecule has 1 aromatic carbocycles. The molecule has 1 aromatic heterocycles. The van der Waals surface area contributed by atoms with Crippen LogP contribution in [-0.4, -0.2) is 19.5 Å². The molecule has 2 rings (SSSR count). The Morgan fingerprint density at radius 1 is 1.05 bits per heavy atom. The summed E-state index contributed by atoms with van der Waals surface area (Å²) in [6.07, 6.45) is 11.9. The first-order valence-electron chi connectivity index (χ1n) is 7.47. The van der Waals surface area contributed by atoms with E-state index in [-0.39, 0.29) is 12.4 Å². The summed E-state index contributed by atoms with van der Waals surface area (Å²) in [4.78, 5) is 0. The van der Waals surface area contributed by atoms with Crippen LogP contribution >= 0.6 is 0 Å². The number of hydrogen-bond donors (Lipinski definition) is 0. The molecule has 0 amide bonds. The van der Waals surface area contributed by atoms with Gasteiger partial charge >= 0.3 is 129 Å². The number of hydrogen-bond acceptors (Lipinski definition) is 0. The van der Waals surface area contributed by atoms with Crippen LogP contribution in [0.4, 0.5) is 0 Å². The van der Waals surface area contributed by atoms with E-state index in [0.29, 0.717) is 0 Å². The van der Waals surface area contributed by atoms with Crippen molar-refractivity contribution in [3.63, 3.8) is 0 Å². The SMILES string of the molecule is C[n+]1ccn(CCCCCC[Se]Cc2ccccc2)c1.[Cl-]. The second-order valence-corrected chi connectivity index (χ2v) is 7.59. The summed E-state index contributed by atoms with van der Waals surface area (Å²) in [5, 5.41) is 2.73. The molecule has 116 valence electrons. The molecule has 2 nitrogen and oxygen atoms in total. The minimum atomic E-state index is 0. The molecule has 0 saturated heterocycles. The van der Waals surface area contributed by atoms with E-state index < -0.39 is 0 Å². The maximum atomic E-state index is 2.28. The van der Waals surface area contributed by atoms with E-state index in [0.717, 1.165) is 21.5 Å². The Kier molecular flexibility index (Phi) is 9.49. The normalized spacial score (nSPS) is 10.3. The van der Waals surface area contributed by atoms with Gasteiger partial charge in [0.2, 0.25) is 0 Å². The third-order valence-corrected chi connectivity index (χ3v) is 5.73. The van der Waals surface area contributed by atoms with Crippen molar-refractivity contribution in [2.45, 2.75) is 42.9 Å². The van der Waals surface area contributed by atoms with E-state index in [4.69, 9.17) is 0 Å². The average molecular weight is 372 g/mol. The van der Waals surface area contributed by atoms with E-state index in [2.05, 4.69) is 65.2 Å². The Balaban J connectivity index is 0.00000220. The number of unbranched alkanes of at least 4 members (excludes halogenated alkanes) is 3. The van der Waals surface area contributed by atoms with Gasteiger partial charge in [-0.15, -0.1) is 0 Å². The number of imidazole rings is 1. The molecule has 4 heteroatoms. The maximum Gasteiger partial charge on any atom is -1.00 e. The number of rotatable bonds is 9. The molecule has 0 aliphatic carbocycles. The van der Waals surface area contributed by atoms with Gasteiger partial charge in [0.15, 0.2) is 0 Å². The van der Waals surface area contributed by atoms with Crippen molar-refractivity contribution >= 4 is 15.0 Å². The Hall–Kier alpha value is -0.761. The summed E-state index contributed by atoms with van der Waals surface area (Å²) >= 11 is 0.787. The fourth-order valence-corrected chi connectivity index (χ4v) is 4.31. The zero-order valence-electron chi connectivity index (χ0n) is 12.7. The van der Waals surface area contributed by atoms with Gasteiger partial charge in [-0.2, -0.15) is 0 Å². The summed E-state index contributed by atoms with van der Waals surface area (Å²) in [5.41, 5.74) is 1.51. The first-order valence-corrected chi connectivity index (χ1v) is 9.89. The summed E-state index contributed by atoms with van der Waals surface area (Å²) in [7, 11) is 2.07. The first-order chi connectivity index (χ1) is 9.84. The van der Waals surface area contributed by atoms with Crippen molar-refractivity contribution in [1.29, 1.82) is 0 Å². The first kappa shape index (κ1) is 18.3. The third kappa shape index (κ3) is 7.71. The number of nitrogens with zero attached hydrogens (tertiary/aromatic N) is 2. The van der Waals surface area contributed by atoms with Crippen molar-refractivity contribution in [2.75, 3.05) is 0 Å². The molecule has 0 N–H and O–H groups in total. The minimum absolute atomic E-state index is 0. The van der Waals surface area contributed by atoms with E-state index in [1.165, 1.54) is 41.9 Å². The molecular formula is C17H25ClN2Se. The number of benzene rings is 1. The van der Waals surface area contributed by atoms with Crippen LogP contribution in [0.15, 0.2) is 49.1 Å². The molecule has 0 spiro atoms. The molecule has 2 aromatic rings. The number of aromatic nitrogens is 2. The Bertz CT molecular complexity index is 485. The maximum absolute atomic E-state index is 2.28. The van der Waals surface area contributed by atoms with Crippen LogP contribution in [0.3, 0.4) is 0 Å². The Morgan fingerprint density at radius 3 is 2.52 bits per heavy atom. The molecule has 0 unspecified atom stereocenters. The Morgan fingerprint density at radius 2 is 1.81 bits per heavy atom. The minimum Gasteiger partial charge on any atom is -1.00 e. The van der Waals surface area contributed by atoms with Gasteiger partial charge in [-0.3, -0.25) is 0 Å². The number of aryl methyl sites for hydroxylation is 2. The van der Waals surface area contributed by atoms with Crippen molar-refractivity contribution in [3.05, 3.63) is 54.6 Å². The summed E-state index contributed by atoms with van der Waals surface area (Å²) in [6.45, 7) is 1.16. The van der Waals surface area contributed by atoms with Crippen LogP contribution < -0.4 is 17.0 Å². The standard InChI is InChI=1S/C17H25N2Se.ClH/c1-18-12-13-19(16-18)11-7-2-3-8-14-20-15-17-9-5-4-6-10-17;/h4-6,9-10,12-13,16H,2-3,7-8,11,14-15H2,1H3;1H/q+1;/p-1. The Labute approximate surface area is 141 Å². The van der Waals surface area contributed by atoms with Crippen LogP contribution in [0.2, 0.25) is 5.32 Å². The quantitative estimate of drug-likeness (QED) is 0.338. The van der Waals surface area contributed by atoms with Gasteiger partial charge in [0.05, 0.1) is 0 Å². The molecule has 0 radical (unpaired) electrons. The van der Waals surface area contributed by atoms with Gasteiger partial charge in [-0.25, -0.2) is 0 Å². The molecular weight excluding hydrogens is 347 g/mol. The molecule has 0 aliphatic rings. The summed E-state index contributed by atoms with van der Waals surface area (Å²) in [6, 6.07) is 10.9. The van der Waals surface area contributed by atoms with E-state index in [9.17, 15) is 0 Å². The van der Waals surface area contributed by atoms with Crippen molar-refractivity contribution in [1.82, 2.24) is 4.57 Å². The molecule has 1 heterocycles. The van der Waals surface area contributed by atoms with Crippen LogP contribution in [0.5, 0.6) is 0 Å². The predicted octanol–water partition coefficient (Wildman–Crippen LogP) is 0.200. The molecule has 0 atom stereocenters. The van der Waals surface area contributed by atoms with E-state index >= 15 is 0 Å². The third-order valence-electron chi connectivity index (χ3n) is 3.39. The average Bonchev–Trinajstić information content (AvgIpc) is 2.88. The van der Waals surface area contributed by atoms with Crippen LogP contribution in [0.25, 0.3) is 0 Å². The van der Waals surface area contributed by atoms with Gasteiger partial charge in [0.25, 0.3) is 0 Å². The van der Waals surface area contributed by atoms with E-state index in [1.807, 2.05) is 0 Å². The van der Waals surface area contributed by atoms with Crippen molar-refractivity contribution in [2.24, 2.45) is 7.05 Å². The van der Waals surface area contributed by atoms with Gasteiger partial charge in [0, 0.05) is 0 Å².